The predicted molar refractivity (Wildman–Crippen MR) is 63.8 cm³/mol. The van der Waals surface area contributed by atoms with Crippen LogP contribution < -0.4 is 5.73 Å². The Morgan fingerprint density at radius 2 is 2.14 bits per heavy atom. The first-order chi connectivity index (χ1) is 6.65. The quantitative estimate of drug-likeness (QED) is 0.840. The van der Waals surface area contributed by atoms with E-state index in [1.54, 1.807) is 12.1 Å². The molecular weight excluding hydrogens is 217 g/mol. The molecule has 1 rings (SSSR count). The number of halogens is 2. The second-order valence-corrected chi connectivity index (χ2v) is 3.93. The van der Waals surface area contributed by atoms with Crippen molar-refractivity contribution in [2.75, 3.05) is 6.54 Å². The van der Waals surface area contributed by atoms with Crippen molar-refractivity contribution in [3.63, 3.8) is 0 Å². The summed E-state index contributed by atoms with van der Waals surface area (Å²) in [6.07, 6.45) is 2.92. The lowest BCUT2D eigenvalue weighted by Crippen LogP contribution is -1.96. The zero-order chi connectivity index (χ0) is 10.6. The van der Waals surface area contributed by atoms with E-state index in [4.69, 9.17) is 28.9 Å². The summed E-state index contributed by atoms with van der Waals surface area (Å²) in [5, 5.41) is 1.42. The van der Waals surface area contributed by atoms with Crippen LogP contribution in [-0.2, 0) is 0 Å². The Morgan fingerprint density at radius 3 is 2.79 bits per heavy atom. The zero-order valence-electron chi connectivity index (χ0n) is 8.06. The molecule has 76 valence electrons. The summed E-state index contributed by atoms with van der Waals surface area (Å²) in [7, 11) is 0. The van der Waals surface area contributed by atoms with Gasteiger partial charge >= 0.3 is 0 Å². The van der Waals surface area contributed by atoms with Crippen molar-refractivity contribution in [1.29, 1.82) is 0 Å². The van der Waals surface area contributed by atoms with E-state index in [0.717, 1.165) is 22.6 Å². The third-order valence-electron chi connectivity index (χ3n) is 1.97. The van der Waals surface area contributed by atoms with Crippen LogP contribution in [0.15, 0.2) is 24.3 Å². The lowest BCUT2D eigenvalue weighted by atomic mass is 10.1. The Kier molecular flexibility index (Phi) is 4.46. The molecule has 0 atom stereocenters. The molecule has 0 amide bonds. The van der Waals surface area contributed by atoms with Crippen molar-refractivity contribution in [2.45, 2.75) is 13.3 Å². The number of allylic oxidation sites excluding steroid dienone is 1. The van der Waals surface area contributed by atoms with E-state index in [2.05, 4.69) is 6.08 Å². The molecule has 0 fully saturated rings. The molecule has 0 radical (unpaired) electrons. The van der Waals surface area contributed by atoms with Gasteiger partial charge in [-0.1, -0.05) is 29.3 Å². The van der Waals surface area contributed by atoms with E-state index in [0.29, 0.717) is 11.6 Å². The van der Waals surface area contributed by atoms with Crippen LogP contribution in [0.2, 0.25) is 10.0 Å². The molecule has 1 aromatic rings. The fourth-order valence-electron chi connectivity index (χ4n) is 1.21. The summed E-state index contributed by atoms with van der Waals surface area (Å²) in [5.41, 5.74) is 7.51. The van der Waals surface area contributed by atoms with Crippen molar-refractivity contribution in [2.24, 2.45) is 5.73 Å². The monoisotopic (exact) mass is 229 g/mol. The normalized spacial score (nSPS) is 11.9. The van der Waals surface area contributed by atoms with E-state index in [1.807, 2.05) is 13.0 Å². The van der Waals surface area contributed by atoms with E-state index < -0.39 is 0 Å². The number of hydrogen-bond acceptors (Lipinski definition) is 1. The first-order valence-corrected chi connectivity index (χ1v) is 5.23. The van der Waals surface area contributed by atoms with Crippen LogP contribution >= 0.6 is 23.2 Å². The Labute approximate surface area is 94.5 Å². The minimum Gasteiger partial charge on any atom is -0.330 e. The maximum absolute atomic E-state index is 6.04. The second kappa shape index (κ2) is 5.40. The summed E-state index contributed by atoms with van der Waals surface area (Å²) < 4.78 is 0. The molecule has 14 heavy (non-hydrogen) atoms. The molecule has 0 bridgehead atoms. The van der Waals surface area contributed by atoms with Crippen LogP contribution in [0.3, 0.4) is 0 Å². The number of hydrogen-bond donors (Lipinski definition) is 1. The van der Waals surface area contributed by atoms with Crippen LogP contribution in [0.4, 0.5) is 0 Å². The molecule has 1 nitrogen and oxygen atoms in total. The summed E-state index contributed by atoms with van der Waals surface area (Å²) in [4.78, 5) is 0. The van der Waals surface area contributed by atoms with Gasteiger partial charge in [-0.25, -0.2) is 0 Å². The van der Waals surface area contributed by atoms with Gasteiger partial charge in [0.1, 0.15) is 0 Å². The number of rotatable bonds is 3. The molecule has 0 aliphatic rings. The van der Waals surface area contributed by atoms with Gasteiger partial charge in [-0.05, 0) is 49.2 Å². The molecule has 0 aliphatic carbocycles. The number of nitrogens with two attached hydrogens (primary N) is 1. The predicted octanol–water partition coefficient (Wildman–Crippen LogP) is 3.75. The lowest BCUT2D eigenvalue weighted by molar-refractivity contribution is 1.01. The lowest BCUT2D eigenvalue weighted by Gasteiger charge is -2.05. The molecule has 0 unspecified atom stereocenters. The SMILES string of the molecule is CC(=CCCN)c1cc(Cl)ccc1Cl. The molecule has 3 heteroatoms. The minimum absolute atomic E-state index is 0.648. The van der Waals surface area contributed by atoms with Gasteiger partial charge in [-0.15, -0.1) is 0 Å². The number of benzene rings is 1. The molecule has 0 heterocycles. The topological polar surface area (TPSA) is 26.0 Å². The van der Waals surface area contributed by atoms with Gasteiger partial charge in [0.15, 0.2) is 0 Å². The van der Waals surface area contributed by atoms with Gasteiger partial charge in [-0.2, -0.15) is 0 Å². The first kappa shape index (κ1) is 11.6. The van der Waals surface area contributed by atoms with Crippen molar-refractivity contribution < 1.29 is 0 Å². The van der Waals surface area contributed by atoms with Crippen LogP contribution in [0.5, 0.6) is 0 Å². The smallest absolute Gasteiger partial charge is 0.0481 e. The van der Waals surface area contributed by atoms with Gasteiger partial charge in [0, 0.05) is 10.0 Å². The largest absolute Gasteiger partial charge is 0.330 e. The average molecular weight is 230 g/mol. The highest BCUT2D eigenvalue weighted by Crippen LogP contribution is 2.26. The van der Waals surface area contributed by atoms with Gasteiger partial charge in [0.2, 0.25) is 0 Å². The summed E-state index contributed by atoms with van der Waals surface area (Å²) in [6.45, 7) is 2.66. The Morgan fingerprint density at radius 1 is 1.43 bits per heavy atom. The minimum atomic E-state index is 0.648. The first-order valence-electron chi connectivity index (χ1n) is 4.47. The van der Waals surface area contributed by atoms with Crippen LogP contribution in [0.1, 0.15) is 18.9 Å². The summed E-state index contributed by atoms with van der Waals surface area (Å²) >= 11 is 11.9. The van der Waals surface area contributed by atoms with Crippen LogP contribution in [0, 0.1) is 0 Å². The molecule has 1 aromatic carbocycles. The highest BCUT2D eigenvalue weighted by atomic mass is 35.5. The van der Waals surface area contributed by atoms with Gasteiger partial charge in [0.05, 0.1) is 0 Å². The summed E-state index contributed by atoms with van der Waals surface area (Å²) in [5.74, 6) is 0. The summed E-state index contributed by atoms with van der Waals surface area (Å²) in [6, 6.07) is 5.45. The molecular formula is C11H13Cl2N. The van der Waals surface area contributed by atoms with E-state index in [-0.39, 0.29) is 0 Å². The van der Waals surface area contributed by atoms with Gasteiger partial charge in [-0.3, -0.25) is 0 Å². The zero-order valence-corrected chi connectivity index (χ0v) is 9.57. The maximum Gasteiger partial charge on any atom is 0.0481 e. The molecule has 0 aliphatic heterocycles. The maximum atomic E-state index is 6.04. The highest BCUT2D eigenvalue weighted by molar-refractivity contribution is 6.34. The van der Waals surface area contributed by atoms with Gasteiger partial charge < -0.3 is 5.73 Å². The van der Waals surface area contributed by atoms with E-state index in [1.165, 1.54) is 0 Å². The highest BCUT2D eigenvalue weighted by Gasteiger charge is 2.02. The standard InChI is InChI=1S/C11H13Cl2N/c1-8(3-2-6-14)10-7-9(12)4-5-11(10)13/h3-5,7H,2,6,14H2,1H3. The molecule has 0 saturated heterocycles. The van der Waals surface area contributed by atoms with Crippen molar-refractivity contribution in [3.8, 4) is 0 Å². The van der Waals surface area contributed by atoms with Crippen molar-refractivity contribution in [1.82, 2.24) is 0 Å². The fraction of sp³-hybridized carbons (Fsp3) is 0.273. The molecule has 0 spiro atoms. The molecule has 0 saturated carbocycles. The van der Waals surface area contributed by atoms with Crippen LogP contribution in [0.25, 0.3) is 5.57 Å². The molecule has 2 N–H and O–H groups in total. The Bertz CT molecular complexity index is 345. The third-order valence-corrected chi connectivity index (χ3v) is 2.54. The average Bonchev–Trinajstić information content (AvgIpc) is 2.18. The third kappa shape index (κ3) is 3.02. The Hall–Kier alpha value is -0.500. The Balaban J connectivity index is 2.99. The van der Waals surface area contributed by atoms with E-state index in [9.17, 15) is 0 Å². The molecule has 0 aromatic heterocycles. The van der Waals surface area contributed by atoms with Crippen molar-refractivity contribution in [3.05, 3.63) is 39.9 Å². The van der Waals surface area contributed by atoms with Crippen molar-refractivity contribution >= 4 is 28.8 Å². The van der Waals surface area contributed by atoms with Gasteiger partial charge in [0.25, 0.3) is 0 Å². The van der Waals surface area contributed by atoms with E-state index >= 15 is 0 Å². The second-order valence-electron chi connectivity index (χ2n) is 3.09. The fourth-order valence-corrected chi connectivity index (χ4v) is 1.65. The van der Waals surface area contributed by atoms with Crippen LogP contribution in [-0.4, -0.2) is 6.54 Å².